The van der Waals surface area contributed by atoms with E-state index in [4.69, 9.17) is 5.11 Å². The molecule has 0 aromatic carbocycles. The normalized spacial score (nSPS) is 24.1. The highest BCUT2D eigenvalue weighted by atomic mass is 16.4. The fourth-order valence-corrected chi connectivity index (χ4v) is 3.66. The molecule has 0 radical (unpaired) electrons. The van der Waals surface area contributed by atoms with Crippen molar-refractivity contribution in [1.82, 2.24) is 10.2 Å². The minimum atomic E-state index is -0.885. The molecule has 1 unspecified atom stereocenters. The smallest absolute Gasteiger partial charge is 0.318 e. The number of carbonyl (C=O) groups excluding carboxylic acids is 1. The summed E-state index contributed by atoms with van der Waals surface area (Å²) in [5, 5.41) is 11.8. The molecule has 1 aliphatic heterocycles. The Morgan fingerprint density at radius 1 is 1.20 bits per heavy atom. The molecule has 1 atom stereocenters. The van der Waals surface area contributed by atoms with Crippen LogP contribution in [0.3, 0.4) is 0 Å². The van der Waals surface area contributed by atoms with Crippen molar-refractivity contribution in [2.45, 2.75) is 70.4 Å². The zero-order valence-corrected chi connectivity index (χ0v) is 12.5. The lowest BCUT2D eigenvalue weighted by Crippen LogP contribution is -2.53. The molecule has 2 aliphatic rings. The van der Waals surface area contributed by atoms with E-state index in [9.17, 15) is 9.59 Å². The van der Waals surface area contributed by atoms with Gasteiger partial charge < -0.3 is 15.3 Å². The number of carboxylic acid groups (broad SMARTS) is 1. The summed E-state index contributed by atoms with van der Waals surface area (Å²) in [7, 11) is 0. The van der Waals surface area contributed by atoms with Gasteiger partial charge in [0.15, 0.2) is 0 Å². The lowest BCUT2D eigenvalue weighted by Gasteiger charge is -2.33. The Morgan fingerprint density at radius 3 is 2.45 bits per heavy atom. The average molecular weight is 282 g/mol. The van der Waals surface area contributed by atoms with Crippen LogP contribution in [0, 0.1) is 5.92 Å². The molecule has 5 heteroatoms. The second kappa shape index (κ2) is 6.02. The topological polar surface area (TPSA) is 69.6 Å². The van der Waals surface area contributed by atoms with Gasteiger partial charge in [0.05, 0.1) is 6.42 Å². The first kappa shape index (κ1) is 15.1. The number of urea groups is 1. The maximum Gasteiger partial charge on any atom is 0.318 e. The molecular weight excluding hydrogens is 256 g/mol. The quantitative estimate of drug-likeness (QED) is 0.832. The van der Waals surface area contributed by atoms with E-state index in [0.717, 1.165) is 19.4 Å². The van der Waals surface area contributed by atoms with Crippen LogP contribution in [0.15, 0.2) is 0 Å². The number of hydrogen-bond donors (Lipinski definition) is 2. The Labute approximate surface area is 120 Å². The molecule has 1 saturated carbocycles. The number of carbonyl (C=O) groups is 2. The van der Waals surface area contributed by atoms with Crippen molar-refractivity contribution in [3.05, 3.63) is 0 Å². The number of likely N-dealkylation sites (tertiary alicyclic amines) is 1. The molecule has 2 amide bonds. The Balaban J connectivity index is 1.95. The molecule has 1 heterocycles. The predicted octanol–water partition coefficient (Wildman–Crippen LogP) is 2.60. The number of rotatable bonds is 4. The SMILES string of the molecule is CC(C)(CC(=O)O)NC(=O)N1CCCC1C1CCCC1. The van der Waals surface area contributed by atoms with Crippen molar-refractivity contribution in [2.24, 2.45) is 5.92 Å². The number of nitrogens with zero attached hydrogens (tertiary/aromatic N) is 1. The van der Waals surface area contributed by atoms with Crippen LogP contribution in [0.5, 0.6) is 0 Å². The maximum atomic E-state index is 12.4. The van der Waals surface area contributed by atoms with Gasteiger partial charge in [0.2, 0.25) is 0 Å². The van der Waals surface area contributed by atoms with Gasteiger partial charge in [0, 0.05) is 18.1 Å². The first-order valence-corrected chi connectivity index (χ1v) is 7.70. The molecule has 0 aromatic heterocycles. The van der Waals surface area contributed by atoms with Crippen molar-refractivity contribution in [2.75, 3.05) is 6.54 Å². The van der Waals surface area contributed by atoms with Crippen molar-refractivity contribution in [3.63, 3.8) is 0 Å². The van der Waals surface area contributed by atoms with Gasteiger partial charge in [-0.3, -0.25) is 4.79 Å². The summed E-state index contributed by atoms with van der Waals surface area (Å²) in [5.41, 5.74) is -0.703. The summed E-state index contributed by atoms with van der Waals surface area (Å²) in [5.74, 6) is -0.241. The third-order valence-corrected chi connectivity index (χ3v) is 4.54. The van der Waals surface area contributed by atoms with Crippen LogP contribution in [0.2, 0.25) is 0 Å². The molecule has 0 aromatic rings. The Bertz CT molecular complexity index is 375. The molecular formula is C15H26N2O3. The highest BCUT2D eigenvalue weighted by Crippen LogP contribution is 2.35. The van der Waals surface area contributed by atoms with Gasteiger partial charge in [-0.05, 0) is 45.4 Å². The zero-order valence-electron chi connectivity index (χ0n) is 12.5. The standard InChI is InChI=1S/C15H26N2O3/c1-15(2,10-13(18)19)16-14(20)17-9-5-8-12(17)11-6-3-4-7-11/h11-12H,3-10H2,1-2H3,(H,16,20)(H,18,19). The maximum absolute atomic E-state index is 12.4. The van der Waals surface area contributed by atoms with E-state index in [0.29, 0.717) is 12.0 Å². The van der Waals surface area contributed by atoms with E-state index < -0.39 is 11.5 Å². The van der Waals surface area contributed by atoms with Crippen molar-refractivity contribution in [3.8, 4) is 0 Å². The van der Waals surface area contributed by atoms with Gasteiger partial charge in [0.25, 0.3) is 0 Å². The molecule has 0 bridgehead atoms. The number of aliphatic carboxylic acids is 1. The Kier molecular flexibility index (Phi) is 4.55. The fourth-order valence-electron chi connectivity index (χ4n) is 3.66. The predicted molar refractivity (Wildman–Crippen MR) is 76.5 cm³/mol. The minimum Gasteiger partial charge on any atom is -0.481 e. The highest BCUT2D eigenvalue weighted by Gasteiger charge is 2.37. The molecule has 0 spiro atoms. The number of amides is 2. The van der Waals surface area contributed by atoms with Crippen LogP contribution in [0.25, 0.3) is 0 Å². The van der Waals surface area contributed by atoms with Gasteiger partial charge in [-0.1, -0.05) is 12.8 Å². The second-order valence-electron chi connectivity index (χ2n) is 6.83. The zero-order chi connectivity index (χ0) is 14.8. The van der Waals surface area contributed by atoms with Crippen LogP contribution in [0.1, 0.15) is 58.8 Å². The van der Waals surface area contributed by atoms with Crippen molar-refractivity contribution in [1.29, 1.82) is 0 Å². The average Bonchev–Trinajstić information content (AvgIpc) is 2.97. The number of nitrogens with one attached hydrogen (secondary N) is 1. The van der Waals surface area contributed by atoms with E-state index in [-0.39, 0.29) is 12.5 Å². The molecule has 2 rings (SSSR count). The molecule has 20 heavy (non-hydrogen) atoms. The lowest BCUT2D eigenvalue weighted by atomic mass is 9.96. The van der Waals surface area contributed by atoms with Crippen molar-refractivity contribution < 1.29 is 14.7 Å². The molecule has 5 nitrogen and oxygen atoms in total. The number of carboxylic acids is 1. The molecule has 2 fully saturated rings. The van der Waals surface area contributed by atoms with Gasteiger partial charge in [0.1, 0.15) is 0 Å². The summed E-state index contributed by atoms with van der Waals surface area (Å²) in [6, 6.07) is 0.267. The third-order valence-electron chi connectivity index (χ3n) is 4.54. The lowest BCUT2D eigenvalue weighted by molar-refractivity contribution is -0.138. The number of hydrogen-bond acceptors (Lipinski definition) is 2. The van der Waals surface area contributed by atoms with Crippen LogP contribution in [0.4, 0.5) is 4.79 Å². The van der Waals surface area contributed by atoms with Crippen LogP contribution in [-0.2, 0) is 4.79 Å². The summed E-state index contributed by atoms with van der Waals surface area (Å²) in [6.45, 7) is 4.33. The van der Waals surface area contributed by atoms with Gasteiger partial charge in [-0.15, -0.1) is 0 Å². The van der Waals surface area contributed by atoms with Gasteiger partial charge in [-0.2, -0.15) is 0 Å². The van der Waals surface area contributed by atoms with Crippen LogP contribution in [-0.4, -0.2) is 40.1 Å². The molecule has 1 saturated heterocycles. The third kappa shape index (κ3) is 3.64. The van der Waals surface area contributed by atoms with E-state index in [1.807, 2.05) is 4.90 Å². The Hall–Kier alpha value is -1.26. The van der Waals surface area contributed by atoms with Gasteiger partial charge in [-0.25, -0.2) is 4.79 Å². The van der Waals surface area contributed by atoms with Crippen molar-refractivity contribution >= 4 is 12.0 Å². The van der Waals surface area contributed by atoms with Crippen LogP contribution >= 0.6 is 0 Å². The second-order valence-corrected chi connectivity index (χ2v) is 6.83. The monoisotopic (exact) mass is 282 g/mol. The molecule has 1 aliphatic carbocycles. The van der Waals surface area contributed by atoms with Gasteiger partial charge >= 0.3 is 12.0 Å². The van der Waals surface area contributed by atoms with E-state index >= 15 is 0 Å². The molecule has 2 N–H and O–H groups in total. The Morgan fingerprint density at radius 2 is 1.85 bits per heavy atom. The summed E-state index contributed by atoms with van der Waals surface area (Å²) in [4.78, 5) is 25.2. The largest absolute Gasteiger partial charge is 0.481 e. The summed E-state index contributed by atoms with van der Waals surface area (Å²) < 4.78 is 0. The first-order chi connectivity index (χ1) is 9.39. The highest BCUT2D eigenvalue weighted by molar-refractivity contribution is 5.77. The fraction of sp³-hybridized carbons (Fsp3) is 0.867. The minimum absolute atomic E-state index is 0.0549. The molecule has 114 valence electrons. The summed E-state index contributed by atoms with van der Waals surface area (Å²) >= 11 is 0. The van der Waals surface area contributed by atoms with E-state index in [2.05, 4.69) is 5.32 Å². The van der Waals surface area contributed by atoms with E-state index in [1.165, 1.54) is 25.7 Å². The van der Waals surface area contributed by atoms with E-state index in [1.54, 1.807) is 13.8 Å². The van der Waals surface area contributed by atoms with Crippen LogP contribution < -0.4 is 5.32 Å². The first-order valence-electron chi connectivity index (χ1n) is 7.70. The summed E-state index contributed by atoms with van der Waals surface area (Å²) in [6.07, 6.45) is 7.12.